The van der Waals surface area contributed by atoms with E-state index < -0.39 is 10.0 Å². The SMILES string of the molecule is CN1CCN(c2ccc(CNC(=O)[C@@H]3CCCN(S(=O)(=O)c4ccc(Cl)cc4)C3)cc2)CC1. The van der Waals surface area contributed by atoms with Gasteiger partial charge in [-0.05, 0) is 61.9 Å². The average molecular weight is 491 g/mol. The highest BCUT2D eigenvalue weighted by Crippen LogP contribution is 2.25. The van der Waals surface area contributed by atoms with E-state index in [9.17, 15) is 13.2 Å². The molecule has 0 bridgehead atoms. The van der Waals surface area contributed by atoms with Gasteiger partial charge in [-0.25, -0.2) is 8.42 Å². The second-order valence-corrected chi connectivity index (χ2v) is 11.2. The predicted molar refractivity (Wildman–Crippen MR) is 131 cm³/mol. The molecule has 0 saturated carbocycles. The zero-order valence-corrected chi connectivity index (χ0v) is 20.5. The van der Waals surface area contributed by atoms with E-state index in [2.05, 4.69) is 34.3 Å². The third-order valence-electron chi connectivity index (χ3n) is 6.48. The summed E-state index contributed by atoms with van der Waals surface area (Å²) in [4.78, 5) is 17.7. The minimum absolute atomic E-state index is 0.103. The molecule has 2 fully saturated rings. The maximum atomic E-state index is 13.0. The van der Waals surface area contributed by atoms with Gasteiger partial charge in [-0.2, -0.15) is 4.31 Å². The number of sulfonamides is 1. The van der Waals surface area contributed by atoms with E-state index in [1.165, 1.54) is 22.1 Å². The number of carbonyl (C=O) groups is 1. The van der Waals surface area contributed by atoms with E-state index in [1.807, 2.05) is 12.1 Å². The predicted octanol–water partition coefficient (Wildman–Crippen LogP) is 2.81. The number of rotatable bonds is 6. The summed E-state index contributed by atoms with van der Waals surface area (Å²) in [6.45, 7) is 5.20. The summed E-state index contributed by atoms with van der Waals surface area (Å²) in [6.07, 6.45) is 1.34. The molecular formula is C24H31ClN4O3S. The van der Waals surface area contributed by atoms with E-state index in [0.717, 1.165) is 31.7 Å². The van der Waals surface area contributed by atoms with Crippen molar-refractivity contribution in [1.29, 1.82) is 0 Å². The first-order chi connectivity index (χ1) is 15.8. The summed E-state index contributed by atoms with van der Waals surface area (Å²) in [5.41, 5.74) is 2.23. The molecule has 2 aliphatic rings. The minimum atomic E-state index is -3.64. The number of piperazine rings is 1. The normalized spacial score (nSPS) is 20.5. The molecule has 0 spiro atoms. The molecule has 0 unspecified atom stereocenters. The van der Waals surface area contributed by atoms with Crippen LogP contribution in [0.1, 0.15) is 18.4 Å². The first-order valence-electron chi connectivity index (χ1n) is 11.4. The summed E-state index contributed by atoms with van der Waals surface area (Å²) in [6, 6.07) is 14.5. The van der Waals surface area contributed by atoms with Crippen molar-refractivity contribution in [2.45, 2.75) is 24.3 Å². The quantitative estimate of drug-likeness (QED) is 0.674. The average Bonchev–Trinajstić information content (AvgIpc) is 2.84. The van der Waals surface area contributed by atoms with Gasteiger partial charge in [-0.1, -0.05) is 23.7 Å². The number of nitrogens with zero attached hydrogens (tertiary/aromatic N) is 3. The Hall–Kier alpha value is -2.13. The van der Waals surface area contributed by atoms with Crippen LogP contribution in [0.5, 0.6) is 0 Å². The van der Waals surface area contributed by atoms with Gasteiger partial charge in [0.1, 0.15) is 0 Å². The number of piperidine rings is 1. The summed E-state index contributed by atoms with van der Waals surface area (Å²) in [7, 11) is -1.50. The van der Waals surface area contributed by atoms with Crippen LogP contribution >= 0.6 is 11.6 Å². The third-order valence-corrected chi connectivity index (χ3v) is 8.61. The summed E-state index contributed by atoms with van der Waals surface area (Å²) >= 11 is 5.89. The smallest absolute Gasteiger partial charge is 0.243 e. The van der Waals surface area contributed by atoms with E-state index in [0.29, 0.717) is 31.0 Å². The number of amides is 1. The highest BCUT2D eigenvalue weighted by molar-refractivity contribution is 7.89. The molecule has 2 heterocycles. The van der Waals surface area contributed by atoms with Crippen molar-refractivity contribution in [3.8, 4) is 0 Å². The molecule has 2 aromatic rings. The Bertz CT molecular complexity index is 1050. The van der Waals surface area contributed by atoms with Crippen molar-refractivity contribution in [1.82, 2.24) is 14.5 Å². The van der Waals surface area contributed by atoms with Crippen molar-refractivity contribution in [2.24, 2.45) is 5.92 Å². The Kier molecular flexibility index (Phi) is 7.58. The van der Waals surface area contributed by atoms with Gasteiger partial charge in [0.05, 0.1) is 10.8 Å². The van der Waals surface area contributed by atoms with Crippen LogP contribution in [-0.2, 0) is 21.4 Å². The van der Waals surface area contributed by atoms with Crippen LogP contribution in [-0.4, -0.2) is 69.8 Å². The maximum absolute atomic E-state index is 13.0. The fourth-order valence-electron chi connectivity index (χ4n) is 4.35. The number of likely N-dealkylation sites (N-methyl/N-ethyl adjacent to an activating group) is 1. The Labute approximate surface area is 201 Å². The molecule has 2 aromatic carbocycles. The highest BCUT2D eigenvalue weighted by Gasteiger charge is 2.33. The molecule has 0 aliphatic carbocycles. The highest BCUT2D eigenvalue weighted by atomic mass is 35.5. The minimum Gasteiger partial charge on any atom is -0.369 e. The first-order valence-corrected chi connectivity index (χ1v) is 13.2. The van der Waals surface area contributed by atoms with Gasteiger partial charge in [0.2, 0.25) is 15.9 Å². The van der Waals surface area contributed by atoms with Crippen LogP contribution in [0.2, 0.25) is 5.02 Å². The zero-order chi connectivity index (χ0) is 23.4. The molecule has 0 aromatic heterocycles. The van der Waals surface area contributed by atoms with Crippen molar-refractivity contribution >= 4 is 33.2 Å². The standard InChI is InChI=1S/C24H31ClN4O3S/c1-27-13-15-28(16-14-27)22-8-4-19(5-9-22)17-26-24(30)20-3-2-12-29(18-20)33(31,32)23-10-6-21(25)7-11-23/h4-11,20H,2-3,12-18H2,1H3,(H,26,30)/t20-/m1/s1. The van der Waals surface area contributed by atoms with Crippen LogP contribution in [0.15, 0.2) is 53.4 Å². The van der Waals surface area contributed by atoms with Gasteiger partial charge < -0.3 is 15.1 Å². The fraction of sp³-hybridized carbons (Fsp3) is 0.458. The molecule has 1 N–H and O–H groups in total. The zero-order valence-electron chi connectivity index (χ0n) is 18.9. The lowest BCUT2D eigenvalue weighted by Gasteiger charge is -2.34. The first kappa shape index (κ1) is 24.0. The Balaban J connectivity index is 1.31. The number of nitrogens with one attached hydrogen (secondary N) is 1. The Morgan fingerprint density at radius 1 is 1.00 bits per heavy atom. The van der Waals surface area contributed by atoms with Crippen molar-refractivity contribution < 1.29 is 13.2 Å². The van der Waals surface area contributed by atoms with E-state index in [-0.39, 0.29) is 23.3 Å². The number of anilines is 1. The summed E-state index contributed by atoms with van der Waals surface area (Å²) in [5.74, 6) is -0.459. The lowest BCUT2D eigenvalue weighted by Crippen LogP contribution is -2.45. The molecule has 7 nitrogen and oxygen atoms in total. The maximum Gasteiger partial charge on any atom is 0.243 e. The van der Waals surface area contributed by atoms with Crippen molar-refractivity contribution in [3.05, 3.63) is 59.1 Å². The molecule has 1 atom stereocenters. The van der Waals surface area contributed by atoms with Crippen LogP contribution in [0.3, 0.4) is 0 Å². The molecule has 1 amide bonds. The van der Waals surface area contributed by atoms with Gasteiger partial charge in [0.15, 0.2) is 0 Å². The lowest BCUT2D eigenvalue weighted by molar-refractivity contribution is -0.126. The van der Waals surface area contributed by atoms with Crippen LogP contribution in [0.25, 0.3) is 0 Å². The monoisotopic (exact) mass is 490 g/mol. The lowest BCUT2D eigenvalue weighted by atomic mass is 9.98. The summed E-state index contributed by atoms with van der Waals surface area (Å²) in [5, 5.41) is 3.48. The largest absolute Gasteiger partial charge is 0.369 e. The number of halogens is 1. The Morgan fingerprint density at radius 2 is 1.67 bits per heavy atom. The number of carbonyl (C=O) groups excluding carboxylic acids is 1. The topological polar surface area (TPSA) is 73.0 Å². The van der Waals surface area contributed by atoms with E-state index in [4.69, 9.17) is 11.6 Å². The molecule has 4 rings (SSSR count). The number of benzene rings is 2. The van der Waals surface area contributed by atoms with Gasteiger partial charge in [-0.15, -0.1) is 0 Å². The molecule has 9 heteroatoms. The van der Waals surface area contributed by atoms with Gasteiger partial charge >= 0.3 is 0 Å². The van der Waals surface area contributed by atoms with E-state index >= 15 is 0 Å². The molecule has 178 valence electrons. The molecule has 2 saturated heterocycles. The third kappa shape index (κ3) is 5.87. The second-order valence-electron chi connectivity index (χ2n) is 8.83. The van der Waals surface area contributed by atoms with Crippen molar-refractivity contribution in [2.75, 3.05) is 51.2 Å². The van der Waals surface area contributed by atoms with Crippen molar-refractivity contribution in [3.63, 3.8) is 0 Å². The summed E-state index contributed by atoms with van der Waals surface area (Å²) < 4.78 is 27.4. The Morgan fingerprint density at radius 3 is 2.33 bits per heavy atom. The fourth-order valence-corrected chi connectivity index (χ4v) is 6.00. The van der Waals surface area contributed by atoms with E-state index in [1.54, 1.807) is 12.1 Å². The molecular weight excluding hydrogens is 460 g/mol. The van der Waals surface area contributed by atoms with Crippen LogP contribution in [0, 0.1) is 5.92 Å². The van der Waals surface area contributed by atoms with Crippen LogP contribution in [0.4, 0.5) is 5.69 Å². The van der Waals surface area contributed by atoms with Gasteiger partial charge in [-0.3, -0.25) is 4.79 Å². The van der Waals surface area contributed by atoms with Gasteiger partial charge in [0, 0.05) is 56.5 Å². The molecule has 2 aliphatic heterocycles. The van der Waals surface area contributed by atoms with Crippen LogP contribution < -0.4 is 10.2 Å². The molecule has 33 heavy (non-hydrogen) atoms. The number of hydrogen-bond donors (Lipinski definition) is 1. The number of hydrogen-bond acceptors (Lipinski definition) is 5. The second kappa shape index (κ2) is 10.4. The van der Waals surface area contributed by atoms with Gasteiger partial charge in [0.25, 0.3) is 0 Å². The molecule has 0 radical (unpaired) electrons.